The zero-order valence-electron chi connectivity index (χ0n) is 15.0. The summed E-state index contributed by atoms with van der Waals surface area (Å²) in [6.07, 6.45) is 4.02. The molecule has 3 aromatic heterocycles. The van der Waals surface area contributed by atoms with Crippen molar-refractivity contribution in [3.8, 4) is 0 Å². The average Bonchev–Trinajstić information content (AvgIpc) is 3.26. The highest BCUT2D eigenvalue weighted by Crippen LogP contribution is 2.22. The Kier molecular flexibility index (Phi) is 4.65. The molecule has 0 bridgehead atoms. The number of nitrogens with zero attached hydrogens (tertiary/aromatic N) is 3. The van der Waals surface area contributed by atoms with E-state index in [1.807, 2.05) is 17.9 Å². The minimum atomic E-state index is -0.213. The highest BCUT2D eigenvalue weighted by molar-refractivity contribution is 7.20. The maximum atomic E-state index is 12.7. The fraction of sp³-hybridized carbons (Fsp3) is 0.368. The molecular formula is C19H20N4O3S. The van der Waals surface area contributed by atoms with Gasteiger partial charge in [-0.1, -0.05) is 6.07 Å². The number of amides is 2. The number of fused-ring (bicyclic) bond motifs is 2. The van der Waals surface area contributed by atoms with E-state index in [0.717, 1.165) is 18.5 Å². The first-order valence-electron chi connectivity index (χ1n) is 9.01. The molecule has 0 unspecified atom stereocenters. The average molecular weight is 384 g/mol. The zero-order chi connectivity index (χ0) is 19.0. The Bertz CT molecular complexity index is 1100. The largest absolute Gasteiger partial charge is 0.351 e. The summed E-state index contributed by atoms with van der Waals surface area (Å²) in [5.74, 6) is -0.0185. The standard InChI is InChI=1S/C19H20N4O3S/c1-12-5-6-15-21-18-13(19(26)23(15)11-12)10-14(27-18)17(25)20-7-3-9-22-8-2-4-16(22)24/h5-6,10-11H,2-4,7-9H2,1H3,(H,20,25). The molecule has 1 aliphatic heterocycles. The van der Waals surface area contributed by atoms with Gasteiger partial charge in [0.2, 0.25) is 5.91 Å². The number of hydrogen-bond acceptors (Lipinski definition) is 5. The summed E-state index contributed by atoms with van der Waals surface area (Å²) in [5.41, 5.74) is 1.37. The molecule has 0 spiro atoms. The molecule has 1 N–H and O–H groups in total. The van der Waals surface area contributed by atoms with Gasteiger partial charge in [0, 0.05) is 32.3 Å². The second-order valence-corrected chi connectivity index (χ2v) is 7.81. The van der Waals surface area contributed by atoms with Gasteiger partial charge in [-0.15, -0.1) is 11.3 Å². The number of likely N-dealkylation sites (tertiary alicyclic amines) is 1. The maximum absolute atomic E-state index is 12.7. The van der Waals surface area contributed by atoms with Crippen molar-refractivity contribution in [3.63, 3.8) is 0 Å². The fourth-order valence-corrected chi connectivity index (χ4v) is 4.26. The van der Waals surface area contributed by atoms with Crippen LogP contribution in [0.15, 0.2) is 29.2 Å². The van der Waals surface area contributed by atoms with Gasteiger partial charge in [-0.05, 0) is 37.5 Å². The van der Waals surface area contributed by atoms with Gasteiger partial charge in [-0.25, -0.2) is 4.98 Å². The molecule has 2 amide bonds. The Morgan fingerprint density at radius 1 is 1.33 bits per heavy atom. The molecule has 0 saturated carbocycles. The highest BCUT2D eigenvalue weighted by atomic mass is 32.1. The lowest BCUT2D eigenvalue weighted by Crippen LogP contribution is -2.30. The van der Waals surface area contributed by atoms with E-state index in [4.69, 9.17) is 0 Å². The number of rotatable bonds is 5. The Morgan fingerprint density at radius 2 is 2.19 bits per heavy atom. The Balaban J connectivity index is 1.47. The van der Waals surface area contributed by atoms with Crippen molar-refractivity contribution in [1.82, 2.24) is 19.6 Å². The summed E-state index contributed by atoms with van der Waals surface area (Å²) < 4.78 is 1.51. The molecule has 3 aromatic rings. The molecule has 7 nitrogen and oxygen atoms in total. The van der Waals surface area contributed by atoms with Gasteiger partial charge in [-0.3, -0.25) is 18.8 Å². The topological polar surface area (TPSA) is 83.8 Å². The summed E-state index contributed by atoms with van der Waals surface area (Å²) in [5, 5.41) is 3.32. The molecule has 4 heterocycles. The highest BCUT2D eigenvalue weighted by Gasteiger charge is 2.19. The molecule has 4 rings (SSSR count). The van der Waals surface area contributed by atoms with E-state index < -0.39 is 0 Å². The molecule has 27 heavy (non-hydrogen) atoms. The molecule has 1 saturated heterocycles. The summed E-state index contributed by atoms with van der Waals surface area (Å²) >= 11 is 1.22. The molecule has 8 heteroatoms. The Hall–Kier alpha value is -2.74. The van der Waals surface area contributed by atoms with Crippen LogP contribution in [-0.4, -0.2) is 45.7 Å². The van der Waals surface area contributed by atoms with Crippen molar-refractivity contribution in [2.75, 3.05) is 19.6 Å². The van der Waals surface area contributed by atoms with Crippen molar-refractivity contribution >= 4 is 39.0 Å². The van der Waals surface area contributed by atoms with Gasteiger partial charge in [0.15, 0.2) is 0 Å². The van der Waals surface area contributed by atoms with Gasteiger partial charge in [-0.2, -0.15) is 0 Å². The lowest BCUT2D eigenvalue weighted by molar-refractivity contribution is -0.127. The van der Waals surface area contributed by atoms with E-state index in [9.17, 15) is 14.4 Å². The van der Waals surface area contributed by atoms with Gasteiger partial charge in [0.1, 0.15) is 10.5 Å². The van der Waals surface area contributed by atoms with Crippen molar-refractivity contribution in [3.05, 3.63) is 45.2 Å². The third-order valence-corrected chi connectivity index (χ3v) is 5.77. The minimum Gasteiger partial charge on any atom is -0.351 e. The second kappa shape index (κ2) is 7.11. The van der Waals surface area contributed by atoms with Crippen molar-refractivity contribution in [1.29, 1.82) is 0 Å². The molecule has 0 radical (unpaired) electrons. The van der Waals surface area contributed by atoms with Crippen LogP contribution in [0.2, 0.25) is 0 Å². The summed E-state index contributed by atoms with van der Waals surface area (Å²) in [6.45, 7) is 3.88. The quantitative estimate of drug-likeness (QED) is 0.682. The predicted octanol–water partition coefficient (Wildman–Crippen LogP) is 1.96. The maximum Gasteiger partial charge on any atom is 0.266 e. The van der Waals surface area contributed by atoms with Gasteiger partial charge in [0.05, 0.1) is 10.3 Å². The Labute approximate surface area is 159 Å². The lowest BCUT2D eigenvalue weighted by Gasteiger charge is -2.15. The second-order valence-electron chi connectivity index (χ2n) is 6.77. The molecular weight excluding hydrogens is 364 g/mol. The van der Waals surface area contributed by atoms with E-state index in [-0.39, 0.29) is 17.4 Å². The summed E-state index contributed by atoms with van der Waals surface area (Å²) in [7, 11) is 0. The third-order valence-electron chi connectivity index (χ3n) is 4.74. The number of hydrogen-bond donors (Lipinski definition) is 1. The summed E-state index contributed by atoms with van der Waals surface area (Å²) in [6, 6.07) is 5.32. The SMILES string of the molecule is Cc1ccc2nc3sc(C(=O)NCCCN4CCCC4=O)cc3c(=O)n2c1. The van der Waals surface area contributed by atoms with Gasteiger partial charge >= 0.3 is 0 Å². The van der Waals surface area contributed by atoms with Crippen molar-refractivity contribution in [2.45, 2.75) is 26.2 Å². The minimum absolute atomic E-state index is 0.165. The molecule has 140 valence electrons. The monoisotopic (exact) mass is 384 g/mol. The van der Waals surface area contributed by atoms with Crippen LogP contribution in [0.1, 0.15) is 34.5 Å². The first-order chi connectivity index (χ1) is 13.0. The van der Waals surface area contributed by atoms with E-state index in [1.165, 1.54) is 15.7 Å². The molecule has 0 atom stereocenters. The normalized spacial score (nSPS) is 14.4. The number of carbonyl (C=O) groups is 2. The van der Waals surface area contributed by atoms with Crippen molar-refractivity contribution < 1.29 is 9.59 Å². The number of pyridine rings is 1. The number of aromatic nitrogens is 2. The lowest BCUT2D eigenvalue weighted by atomic mass is 10.3. The number of thiophene rings is 1. The van der Waals surface area contributed by atoms with E-state index in [0.29, 0.717) is 46.7 Å². The van der Waals surface area contributed by atoms with Crippen LogP contribution < -0.4 is 10.9 Å². The van der Waals surface area contributed by atoms with Crippen LogP contribution in [-0.2, 0) is 4.79 Å². The summed E-state index contributed by atoms with van der Waals surface area (Å²) in [4.78, 5) is 44.0. The first kappa shape index (κ1) is 17.7. The Morgan fingerprint density at radius 3 is 2.96 bits per heavy atom. The number of aryl methyl sites for hydroxylation is 1. The van der Waals surface area contributed by atoms with Crippen LogP contribution in [0.3, 0.4) is 0 Å². The van der Waals surface area contributed by atoms with Crippen LogP contribution in [0.5, 0.6) is 0 Å². The van der Waals surface area contributed by atoms with Crippen LogP contribution >= 0.6 is 11.3 Å². The van der Waals surface area contributed by atoms with Crippen LogP contribution in [0.25, 0.3) is 15.9 Å². The van der Waals surface area contributed by atoms with Crippen molar-refractivity contribution in [2.24, 2.45) is 0 Å². The molecule has 1 fully saturated rings. The van der Waals surface area contributed by atoms with E-state index >= 15 is 0 Å². The van der Waals surface area contributed by atoms with E-state index in [2.05, 4.69) is 10.3 Å². The molecule has 1 aliphatic rings. The van der Waals surface area contributed by atoms with Gasteiger partial charge < -0.3 is 10.2 Å². The van der Waals surface area contributed by atoms with Gasteiger partial charge in [0.25, 0.3) is 11.5 Å². The third kappa shape index (κ3) is 3.44. The zero-order valence-corrected chi connectivity index (χ0v) is 15.8. The number of nitrogens with one attached hydrogen (secondary N) is 1. The first-order valence-corrected chi connectivity index (χ1v) is 9.83. The smallest absolute Gasteiger partial charge is 0.266 e. The predicted molar refractivity (Wildman–Crippen MR) is 104 cm³/mol. The number of carbonyl (C=O) groups excluding carboxylic acids is 2. The molecule has 0 aromatic carbocycles. The van der Waals surface area contributed by atoms with Crippen LogP contribution in [0.4, 0.5) is 0 Å². The van der Waals surface area contributed by atoms with Crippen LogP contribution in [0, 0.1) is 6.92 Å². The fourth-order valence-electron chi connectivity index (χ4n) is 3.32. The molecule has 0 aliphatic carbocycles. The van der Waals surface area contributed by atoms with E-state index in [1.54, 1.807) is 18.3 Å².